The number of aryl methyl sites for hydroxylation is 3. The lowest BCUT2D eigenvalue weighted by atomic mass is 10.1. The molecule has 3 aromatic rings. The Morgan fingerprint density at radius 2 is 2.04 bits per heavy atom. The van der Waals surface area contributed by atoms with Crippen LogP contribution in [0, 0.1) is 18.6 Å². The van der Waals surface area contributed by atoms with Gasteiger partial charge in [0, 0.05) is 23.4 Å². The largest absolute Gasteiger partial charge is 0.302 e. The van der Waals surface area contributed by atoms with Crippen molar-refractivity contribution in [3.63, 3.8) is 0 Å². The molecule has 2 aromatic heterocycles. The van der Waals surface area contributed by atoms with Gasteiger partial charge in [-0.25, -0.2) is 4.98 Å². The molecule has 26 heavy (non-hydrogen) atoms. The number of benzene rings is 1. The monoisotopic (exact) mass is 387 g/mol. The molecule has 8 heteroatoms. The van der Waals surface area contributed by atoms with Crippen LogP contribution in [0.3, 0.4) is 0 Å². The first-order valence-electron chi connectivity index (χ1n) is 8.46. The average molecular weight is 388 g/mol. The number of aromatic amines is 1. The number of nitrogens with zero attached hydrogens (tertiary/aromatic N) is 3. The number of rotatable bonds is 6. The number of H-pyrrole nitrogens is 1. The standard InChI is InChI=1S/C18H21N5OS2/c1-4-14-12(3)26-17(19-14)20-15(24)9-10-23-16(21-22-18(23)25)13-7-5-11(2)6-8-13/h5-8H,4,9-10H2,1-3H3,(H,22,25)(H,19,20,24). The van der Waals surface area contributed by atoms with Crippen LogP contribution in [-0.4, -0.2) is 25.7 Å². The van der Waals surface area contributed by atoms with Crippen molar-refractivity contribution in [3.05, 3.63) is 45.2 Å². The van der Waals surface area contributed by atoms with E-state index in [2.05, 4.69) is 27.4 Å². The lowest BCUT2D eigenvalue weighted by Gasteiger charge is -2.07. The molecule has 0 unspecified atom stereocenters. The van der Waals surface area contributed by atoms with Gasteiger partial charge in [-0.1, -0.05) is 36.8 Å². The van der Waals surface area contributed by atoms with Crippen LogP contribution in [0.15, 0.2) is 24.3 Å². The fourth-order valence-corrected chi connectivity index (χ4v) is 3.79. The van der Waals surface area contributed by atoms with E-state index in [-0.39, 0.29) is 5.91 Å². The summed E-state index contributed by atoms with van der Waals surface area (Å²) >= 11 is 6.83. The third-order valence-electron chi connectivity index (χ3n) is 4.10. The molecular formula is C18H21N5OS2. The zero-order valence-electron chi connectivity index (χ0n) is 15.0. The molecule has 0 radical (unpaired) electrons. The van der Waals surface area contributed by atoms with Crippen LogP contribution in [0.4, 0.5) is 5.13 Å². The maximum atomic E-state index is 12.3. The maximum absolute atomic E-state index is 12.3. The first kappa shape index (κ1) is 18.5. The van der Waals surface area contributed by atoms with Gasteiger partial charge in [0.05, 0.1) is 5.69 Å². The summed E-state index contributed by atoms with van der Waals surface area (Å²) in [6.45, 7) is 6.57. The number of aromatic nitrogens is 4. The van der Waals surface area contributed by atoms with Gasteiger partial charge in [-0.05, 0) is 32.5 Å². The van der Waals surface area contributed by atoms with Crippen molar-refractivity contribution in [2.75, 3.05) is 5.32 Å². The van der Waals surface area contributed by atoms with Crippen molar-refractivity contribution in [2.24, 2.45) is 0 Å². The fourth-order valence-electron chi connectivity index (χ4n) is 2.65. The first-order valence-corrected chi connectivity index (χ1v) is 9.68. The van der Waals surface area contributed by atoms with Crippen molar-refractivity contribution in [1.29, 1.82) is 0 Å². The lowest BCUT2D eigenvalue weighted by Crippen LogP contribution is -2.15. The van der Waals surface area contributed by atoms with E-state index in [0.717, 1.165) is 28.4 Å². The quantitative estimate of drug-likeness (QED) is 0.619. The highest BCUT2D eigenvalue weighted by molar-refractivity contribution is 7.71. The highest BCUT2D eigenvalue weighted by Crippen LogP contribution is 2.23. The SMILES string of the molecule is CCc1nc(NC(=O)CCn2c(-c3ccc(C)cc3)n[nH]c2=S)sc1C. The Labute approximate surface area is 161 Å². The highest BCUT2D eigenvalue weighted by Gasteiger charge is 2.12. The summed E-state index contributed by atoms with van der Waals surface area (Å²) in [7, 11) is 0. The number of hydrogen-bond donors (Lipinski definition) is 2. The topological polar surface area (TPSA) is 75.6 Å². The van der Waals surface area contributed by atoms with Gasteiger partial charge in [-0.2, -0.15) is 5.10 Å². The van der Waals surface area contributed by atoms with Crippen LogP contribution >= 0.6 is 23.6 Å². The second-order valence-corrected chi connectivity index (χ2v) is 7.63. The molecule has 0 saturated heterocycles. The van der Waals surface area contributed by atoms with Gasteiger partial charge in [0.15, 0.2) is 15.7 Å². The van der Waals surface area contributed by atoms with Crippen LogP contribution in [0.1, 0.15) is 29.5 Å². The summed E-state index contributed by atoms with van der Waals surface area (Å²) in [6.07, 6.45) is 1.16. The molecule has 0 saturated carbocycles. The summed E-state index contributed by atoms with van der Waals surface area (Å²) in [6, 6.07) is 8.06. The minimum atomic E-state index is -0.0839. The molecule has 0 bridgehead atoms. The molecule has 0 atom stereocenters. The van der Waals surface area contributed by atoms with Crippen molar-refractivity contribution < 1.29 is 4.79 Å². The summed E-state index contributed by atoms with van der Waals surface area (Å²) in [4.78, 5) is 17.9. The van der Waals surface area contributed by atoms with Crippen LogP contribution in [0.5, 0.6) is 0 Å². The molecule has 2 N–H and O–H groups in total. The van der Waals surface area contributed by atoms with Crippen molar-refractivity contribution in [3.8, 4) is 11.4 Å². The molecule has 3 rings (SSSR count). The predicted molar refractivity (Wildman–Crippen MR) is 107 cm³/mol. The predicted octanol–water partition coefficient (Wildman–Crippen LogP) is 4.27. The number of anilines is 1. The Morgan fingerprint density at radius 3 is 2.69 bits per heavy atom. The first-order chi connectivity index (χ1) is 12.5. The number of nitrogens with one attached hydrogen (secondary N) is 2. The van der Waals surface area contributed by atoms with Crippen molar-refractivity contribution in [1.82, 2.24) is 19.7 Å². The molecule has 1 amide bonds. The van der Waals surface area contributed by atoms with Crippen LogP contribution in [0.25, 0.3) is 11.4 Å². The summed E-state index contributed by atoms with van der Waals surface area (Å²) in [5.41, 5.74) is 3.18. The summed E-state index contributed by atoms with van der Waals surface area (Å²) in [5.74, 6) is 0.653. The third kappa shape index (κ3) is 4.08. The zero-order chi connectivity index (χ0) is 18.7. The molecule has 0 aliphatic heterocycles. The van der Waals surface area contributed by atoms with Crippen LogP contribution < -0.4 is 5.32 Å². The summed E-state index contributed by atoms with van der Waals surface area (Å²) < 4.78 is 2.36. The van der Waals surface area contributed by atoms with Crippen LogP contribution in [0.2, 0.25) is 0 Å². The van der Waals surface area contributed by atoms with E-state index >= 15 is 0 Å². The Balaban J connectivity index is 1.69. The number of carbonyl (C=O) groups excluding carboxylic acids is 1. The van der Waals surface area contributed by atoms with Gasteiger partial charge in [0.25, 0.3) is 0 Å². The Hall–Kier alpha value is -2.32. The maximum Gasteiger partial charge on any atom is 0.227 e. The Bertz CT molecular complexity index is 968. The Morgan fingerprint density at radius 1 is 1.31 bits per heavy atom. The van der Waals surface area contributed by atoms with E-state index in [1.807, 2.05) is 42.7 Å². The van der Waals surface area contributed by atoms with E-state index in [1.165, 1.54) is 16.9 Å². The average Bonchev–Trinajstić information content (AvgIpc) is 3.16. The van der Waals surface area contributed by atoms with Gasteiger partial charge in [0.1, 0.15) is 0 Å². The van der Waals surface area contributed by atoms with Gasteiger partial charge >= 0.3 is 0 Å². The second kappa shape index (κ2) is 7.92. The lowest BCUT2D eigenvalue weighted by molar-refractivity contribution is -0.116. The van der Waals surface area contributed by atoms with Gasteiger partial charge in [-0.15, -0.1) is 11.3 Å². The molecule has 0 spiro atoms. The molecule has 6 nitrogen and oxygen atoms in total. The Kier molecular flexibility index (Phi) is 5.63. The fraction of sp³-hybridized carbons (Fsp3) is 0.333. The second-order valence-electron chi connectivity index (χ2n) is 6.04. The highest BCUT2D eigenvalue weighted by atomic mass is 32.1. The van der Waals surface area contributed by atoms with Gasteiger partial charge in [0.2, 0.25) is 5.91 Å². The van der Waals surface area contributed by atoms with E-state index in [4.69, 9.17) is 12.2 Å². The van der Waals surface area contributed by atoms with E-state index in [0.29, 0.717) is 22.9 Å². The molecule has 0 fully saturated rings. The summed E-state index contributed by atoms with van der Waals surface area (Å²) in [5, 5.41) is 10.7. The van der Waals surface area contributed by atoms with E-state index < -0.39 is 0 Å². The van der Waals surface area contributed by atoms with Crippen LogP contribution in [-0.2, 0) is 17.8 Å². The van der Waals surface area contributed by atoms with E-state index in [9.17, 15) is 4.79 Å². The molecular weight excluding hydrogens is 366 g/mol. The number of thiazole rings is 1. The number of amides is 1. The number of carbonyl (C=O) groups is 1. The smallest absolute Gasteiger partial charge is 0.227 e. The van der Waals surface area contributed by atoms with E-state index in [1.54, 1.807) is 0 Å². The zero-order valence-corrected chi connectivity index (χ0v) is 16.6. The minimum absolute atomic E-state index is 0.0839. The third-order valence-corrected chi connectivity index (χ3v) is 5.34. The molecule has 1 aromatic carbocycles. The van der Waals surface area contributed by atoms with Gasteiger partial charge in [-0.3, -0.25) is 14.5 Å². The van der Waals surface area contributed by atoms with Crippen molar-refractivity contribution in [2.45, 2.75) is 40.2 Å². The molecule has 136 valence electrons. The van der Waals surface area contributed by atoms with Gasteiger partial charge < -0.3 is 5.32 Å². The minimum Gasteiger partial charge on any atom is -0.302 e. The van der Waals surface area contributed by atoms with Crippen molar-refractivity contribution >= 4 is 34.6 Å². The molecule has 0 aliphatic rings. The normalized spacial score (nSPS) is 10.9. The molecule has 2 heterocycles. The number of hydrogen-bond acceptors (Lipinski definition) is 5. The molecule has 0 aliphatic carbocycles.